The van der Waals surface area contributed by atoms with Crippen LogP contribution in [0.4, 0.5) is 0 Å². The Balaban J connectivity index is 2.40. The fraction of sp³-hybridized carbons (Fsp3) is 0.263. The summed E-state index contributed by atoms with van der Waals surface area (Å²) >= 11 is 8.96. The summed E-state index contributed by atoms with van der Waals surface area (Å²) in [6.45, 7) is 5.61. The molecule has 6 heteroatoms. The molecule has 0 N–H and O–H groups in total. The Labute approximate surface area is 162 Å². The fourth-order valence-electron chi connectivity index (χ4n) is 2.22. The highest BCUT2D eigenvalue weighted by Gasteiger charge is 2.26. The summed E-state index contributed by atoms with van der Waals surface area (Å²) < 4.78 is 15.9. The van der Waals surface area contributed by atoms with Crippen molar-refractivity contribution in [3.05, 3.63) is 69.7 Å². The van der Waals surface area contributed by atoms with Crippen molar-refractivity contribution in [2.45, 2.75) is 31.9 Å². The van der Waals surface area contributed by atoms with Gasteiger partial charge in [-0.3, -0.25) is 4.79 Å². The Bertz CT molecular complexity index is 800. The highest BCUT2D eigenvalue weighted by atomic mass is 35.5. The van der Waals surface area contributed by atoms with E-state index in [4.69, 9.17) is 11.6 Å². The standard InChI is InChI=1S/C19H20ClNO2S2/c1-19(2,3)25(23)21-12-14-8-6-10-17(20)16(14)11-13-7-4-5-9-15(13)18(22)24/h4-10,12H,11H2,1-3H3,(H,22,24). The van der Waals surface area contributed by atoms with Crippen LogP contribution in [-0.4, -0.2) is 20.6 Å². The van der Waals surface area contributed by atoms with Gasteiger partial charge in [0.2, 0.25) is 5.12 Å². The number of thiol groups is 1. The normalized spacial score (nSPS) is 13.2. The molecule has 132 valence electrons. The molecular formula is C19H20ClNO2S2. The Morgan fingerprint density at radius 3 is 2.56 bits per heavy atom. The Hall–Kier alpha value is -1.27. The zero-order valence-corrected chi connectivity index (χ0v) is 16.8. The molecule has 2 rings (SSSR count). The summed E-state index contributed by atoms with van der Waals surface area (Å²) in [5.41, 5.74) is 3.00. The molecule has 0 spiro atoms. The van der Waals surface area contributed by atoms with Gasteiger partial charge >= 0.3 is 0 Å². The predicted octanol–water partition coefficient (Wildman–Crippen LogP) is 4.88. The summed E-state index contributed by atoms with van der Waals surface area (Å²) in [6, 6.07) is 12.8. The number of rotatable bonds is 5. The number of benzene rings is 2. The first-order valence-corrected chi connectivity index (χ1v) is 9.68. The van der Waals surface area contributed by atoms with E-state index in [0.29, 0.717) is 17.0 Å². The molecule has 0 aliphatic heterocycles. The van der Waals surface area contributed by atoms with Crippen molar-refractivity contribution in [2.75, 3.05) is 0 Å². The van der Waals surface area contributed by atoms with Gasteiger partial charge < -0.3 is 4.55 Å². The second-order valence-electron chi connectivity index (χ2n) is 6.54. The van der Waals surface area contributed by atoms with Crippen LogP contribution in [0.3, 0.4) is 0 Å². The van der Waals surface area contributed by atoms with Crippen LogP contribution in [0.5, 0.6) is 0 Å². The molecule has 2 aromatic rings. The highest BCUT2D eigenvalue weighted by Crippen LogP contribution is 2.25. The van der Waals surface area contributed by atoms with Gasteiger partial charge in [-0.2, -0.15) is 0 Å². The molecule has 0 bridgehead atoms. The SMILES string of the molecule is CC(C)(C)[S+]([O-])N=Cc1cccc(Cl)c1Cc1ccccc1C(=O)S. The minimum atomic E-state index is -1.35. The van der Waals surface area contributed by atoms with E-state index in [9.17, 15) is 9.35 Å². The zero-order chi connectivity index (χ0) is 18.6. The maximum Gasteiger partial charge on any atom is 0.216 e. The summed E-state index contributed by atoms with van der Waals surface area (Å²) in [5, 5.41) is 0.290. The van der Waals surface area contributed by atoms with Crippen LogP contribution in [0.25, 0.3) is 0 Å². The summed E-state index contributed by atoms with van der Waals surface area (Å²) in [7, 11) is 0. The molecule has 1 unspecified atom stereocenters. The first-order chi connectivity index (χ1) is 11.7. The third-order valence-electron chi connectivity index (χ3n) is 3.58. The minimum absolute atomic E-state index is 0.285. The van der Waals surface area contributed by atoms with Gasteiger partial charge in [-0.1, -0.05) is 52.4 Å². The fourth-order valence-corrected chi connectivity index (χ4v) is 3.21. The predicted molar refractivity (Wildman–Crippen MR) is 110 cm³/mol. The lowest BCUT2D eigenvalue weighted by atomic mass is 9.97. The van der Waals surface area contributed by atoms with E-state index >= 15 is 0 Å². The average molecular weight is 394 g/mol. The van der Waals surface area contributed by atoms with Gasteiger partial charge in [0.1, 0.15) is 16.1 Å². The number of hydrogen-bond acceptors (Lipinski definition) is 3. The van der Waals surface area contributed by atoms with Crippen molar-refractivity contribution in [3.8, 4) is 0 Å². The Morgan fingerprint density at radius 1 is 1.24 bits per heavy atom. The molecule has 0 aliphatic rings. The Morgan fingerprint density at radius 2 is 1.92 bits per heavy atom. The van der Waals surface area contributed by atoms with Crippen molar-refractivity contribution < 1.29 is 9.35 Å². The summed E-state index contributed by atoms with van der Waals surface area (Å²) in [6.07, 6.45) is 2.05. The highest BCUT2D eigenvalue weighted by molar-refractivity contribution is 7.97. The van der Waals surface area contributed by atoms with Gasteiger partial charge in [0.05, 0.1) is 6.21 Å². The molecule has 0 fully saturated rings. The smallest absolute Gasteiger partial charge is 0.216 e. The second-order valence-corrected chi connectivity index (χ2v) is 9.29. The zero-order valence-electron chi connectivity index (χ0n) is 14.3. The van der Waals surface area contributed by atoms with E-state index in [1.807, 2.05) is 45.0 Å². The maximum atomic E-state index is 12.2. The van der Waals surface area contributed by atoms with Crippen LogP contribution in [0.1, 0.15) is 47.8 Å². The van der Waals surface area contributed by atoms with Gasteiger partial charge in [0.15, 0.2) is 0 Å². The van der Waals surface area contributed by atoms with Gasteiger partial charge in [-0.15, -0.1) is 12.6 Å². The lowest BCUT2D eigenvalue weighted by Gasteiger charge is -2.18. The van der Waals surface area contributed by atoms with Gasteiger partial charge in [0, 0.05) is 22.6 Å². The summed E-state index contributed by atoms with van der Waals surface area (Å²) in [5.74, 6) is 0. The van der Waals surface area contributed by atoms with E-state index in [-0.39, 0.29) is 5.12 Å². The minimum Gasteiger partial charge on any atom is -0.591 e. The van der Waals surface area contributed by atoms with Gasteiger partial charge in [0.25, 0.3) is 0 Å². The molecule has 0 heterocycles. The molecule has 0 saturated heterocycles. The van der Waals surface area contributed by atoms with Gasteiger partial charge in [-0.05, 0) is 38.0 Å². The molecule has 0 saturated carbocycles. The first-order valence-electron chi connectivity index (χ1n) is 7.75. The first kappa shape index (κ1) is 20.0. The van der Waals surface area contributed by atoms with E-state index < -0.39 is 16.1 Å². The lowest BCUT2D eigenvalue weighted by molar-refractivity contribution is 0.109. The lowest BCUT2D eigenvalue weighted by Crippen LogP contribution is -2.25. The van der Waals surface area contributed by atoms with Gasteiger partial charge in [-0.25, -0.2) is 0 Å². The van der Waals surface area contributed by atoms with Crippen LogP contribution in [-0.2, 0) is 17.8 Å². The quantitative estimate of drug-likeness (QED) is 0.447. The molecule has 25 heavy (non-hydrogen) atoms. The Kier molecular flexibility index (Phi) is 6.74. The van der Waals surface area contributed by atoms with Crippen LogP contribution < -0.4 is 0 Å². The van der Waals surface area contributed by atoms with Crippen LogP contribution in [0.2, 0.25) is 5.02 Å². The number of carbonyl (C=O) groups is 1. The number of carbonyl (C=O) groups excluding carboxylic acids is 1. The van der Waals surface area contributed by atoms with Crippen LogP contribution in [0, 0.1) is 0 Å². The molecule has 0 radical (unpaired) electrons. The van der Waals surface area contributed by atoms with E-state index in [2.05, 4.69) is 17.0 Å². The van der Waals surface area contributed by atoms with Crippen molar-refractivity contribution in [1.82, 2.24) is 0 Å². The number of hydrogen-bond donors (Lipinski definition) is 1. The van der Waals surface area contributed by atoms with E-state index in [0.717, 1.165) is 16.7 Å². The molecule has 0 amide bonds. The number of nitrogens with zero attached hydrogens (tertiary/aromatic N) is 1. The monoisotopic (exact) mass is 393 g/mol. The van der Waals surface area contributed by atoms with Crippen LogP contribution >= 0.6 is 24.2 Å². The third kappa shape index (κ3) is 5.35. The molecular weight excluding hydrogens is 374 g/mol. The molecule has 2 aromatic carbocycles. The molecule has 1 atom stereocenters. The average Bonchev–Trinajstić information content (AvgIpc) is 2.54. The van der Waals surface area contributed by atoms with Crippen molar-refractivity contribution >= 4 is 46.9 Å². The number of halogens is 1. The maximum absolute atomic E-state index is 12.2. The van der Waals surface area contributed by atoms with Crippen LogP contribution in [0.15, 0.2) is 46.9 Å². The second kappa shape index (κ2) is 8.41. The van der Waals surface area contributed by atoms with Crippen molar-refractivity contribution in [1.29, 1.82) is 0 Å². The summed E-state index contributed by atoms with van der Waals surface area (Å²) in [4.78, 5) is 11.7. The molecule has 0 aliphatic carbocycles. The van der Waals surface area contributed by atoms with Crippen molar-refractivity contribution in [2.24, 2.45) is 4.40 Å². The topological polar surface area (TPSA) is 52.5 Å². The third-order valence-corrected chi connectivity index (χ3v) is 5.52. The van der Waals surface area contributed by atoms with Crippen molar-refractivity contribution in [3.63, 3.8) is 0 Å². The molecule has 0 aromatic heterocycles. The van der Waals surface area contributed by atoms with E-state index in [1.165, 1.54) is 0 Å². The molecule has 3 nitrogen and oxygen atoms in total. The largest absolute Gasteiger partial charge is 0.591 e. The van der Waals surface area contributed by atoms with E-state index in [1.54, 1.807) is 24.4 Å².